The van der Waals surface area contributed by atoms with Crippen molar-refractivity contribution in [3.05, 3.63) is 29.8 Å². The van der Waals surface area contributed by atoms with Gasteiger partial charge in [-0.3, -0.25) is 0 Å². The second-order valence-electron chi connectivity index (χ2n) is 4.06. The first-order valence-electron chi connectivity index (χ1n) is 5.77. The maximum absolute atomic E-state index is 6.00. The Bertz CT molecular complexity index is 386. The van der Waals surface area contributed by atoms with Crippen LogP contribution in [0.1, 0.15) is 20.3 Å². The van der Waals surface area contributed by atoms with E-state index in [-0.39, 0.29) is 75.2 Å². The smallest absolute Gasteiger partial charge is 0.520 e. The van der Waals surface area contributed by atoms with Crippen LogP contribution in [0, 0.1) is 12.5 Å². The van der Waals surface area contributed by atoms with Crippen molar-refractivity contribution in [2.75, 3.05) is 6.61 Å². The Labute approximate surface area is 172 Å². The normalized spacial score (nSPS) is 22.4. The van der Waals surface area contributed by atoms with E-state index in [4.69, 9.17) is 25.8 Å². The monoisotopic (exact) mass is 388 g/mol. The van der Waals surface area contributed by atoms with Gasteiger partial charge in [-0.15, -0.1) is 5.92 Å². The minimum atomic E-state index is -0.208. The predicted molar refractivity (Wildman–Crippen MR) is 66.2 cm³/mol. The molecule has 1 unspecified atom stereocenters. The van der Waals surface area contributed by atoms with Crippen LogP contribution in [-0.4, -0.2) is 12.9 Å². The zero-order valence-electron chi connectivity index (χ0n) is 11.0. The van der Waals surface area contributed by atoms with E-state index in [1.54, 1.807) is 12.1 Å². The Morgan fingerprint density at radius 3 is 2.89 bits per heavy atom. The molecular weight excluding hydrogens is 372 g/mol. The molecule has 1 saturated heterocycles. The molecule has 2 atom stereocenters. The van der Waals surface area contributed by atoms with Gasteiger partial charge in [-0.25, -0.2) is 6.61 Å². The number of benzene rings is 1. The quantitative estimate of drug-likeness (QED) is 0.710. The molecule has 0 bridgehead atoms. The van der Waals surface area contributed by atoms with Crippen LogP contribution >= 0.6 is 11.6 Å². The first kappa shape index (κ1) is 17.2. The van der Waals surface area contributed by atoms with Crippen molar-refractivity contribution in [2.45, 2.75) is 26.6 Å². The fraction of sp³-hybridized carbons (Fsp3) is 0.462. The molecule has 94 valence electrons. The summed E-state index contributed by atoms with van der Waals surface area (Å²) in [7, 11) is 0. The van der Waals surface area contributed by atoms with Crippen molar-refractivity contribution in [3.8, 4) is 11.5 Å². The van der Waals surface area contributed by atoms with E-state index in [2.05, 4.69) is 6.92 Å². The zero-order valence-corrected chi connectivity index (χ0v) is 18.0. The van der Waals surface area contributed by atoms with Gasteiger partial charge in [0.15, 0.2) is 6.29 Å². The van der Waals surface area contributed by atoms with E-state index < -0.39 is 0 Å². The molecule has 0 radical (unpaired) electrons. The minimum Gasteiger partial charge on any atom is -0.520 e. The number of ether oxygens (including phenoxy) is 3. The van der Waals surface area contributed by atoms with Crippen molar-refractivity contribution < 1.29 is 83.1 Å². The SMILES string of the molecule is CCOc1cc(OC2C[C@@H](C)[CH-]O2)ccc1Cl.[Cs+]. The molecule has 1 aliphatic rings. The average Bonchev–Trinajstić information content (AvgIpc) is 2.69. The largest absolute Gasteiger partial charge is 1.00 e. The number of halogens is 1. The summed E-state index contributed by atoms with van der Waals surface area (Å²) in [6, 6.07) is 5.37. The van der Waals surface area contributed by atoms with Crippen LogP contribution in [0.25, 0.3) is 0 Å². The molecule has 1 aliphatic heterocycles. The maximum Gasteiger partial charge on any atom is 1.00 e. The molecule has 5 heteroatoms. The van der Waals surface area contributed by atoms with Crippen molar-refractivity contribution in [1.29, 1.82) is 0 Å². The van der Waals surface area contributed by atoms with Gasteiger partial charge in [0.05, 0.1) is 11.6 Å². The van der Waals surface area contributed by atoms with Gasteiger partial charge in [-0.2, -0.15) is 0 Å². The number of hydrogen-bond acceptors (Lipinski definition) is 3. The second-order valence-corrected chi connectivity index (χ2v) is 4.47. The zero-order chi connectivity index (χ0) is 12.3. The van der Waals surface area contributed by atoms with Gasteiger partial charge in [-0.1, -0.05) is 18.5 Å². The fourth-order valence-electron chi connectivity index (χ4n) is 1.69. The Balaban J connectivity index is 0.00000162. The van der Waals surface area contributed by atoms with Crippen LogP contribution in [0.4, 0.5) is 0 Å². The molecule has 0 aliphatic carbocycles. The molecule has 18 heavy (non-hydrogen) atoms. The van der Waals surface area contributed by atoms with Crippen LogP contribution in [-0.2, 0) is 4.74 Å². The van der Waals surface area contributed by atoms with Gasteiger partial charge < -0.3 is 14.2 Å². The van der Waals surface area contributed by atoms with E-state index in [1.165, 1.54) is 0 Å². The van der Waals surface area contributed by atoms with Crippen LogP contribution < -0.4 is 78.4 Å². The van der Waals surface area contributed by atoms with Crippen molar-refractivity contribution in [1.82, 2.24) is 0 Å². The summed E-state index contributed by atoms with van der Waals surface area (Å²) < 4.78 is 16.5. The first-order chi connectivity index (χ1) is 8.19. The van der Waals surface area contributed by atoms with Gasteiger partial charge >= 0.3 is 68.9 Å². The molecule has 0 N–H and O–H groups in total. The third kappa shape index (κ3) is 4.90. The maximum atomic E-state index is 6.00. The molecule has 1 aromatic carbocycles. The van der Waals surface area contributed by atoms with Gasteiger partial charge in [0.2, 0.25) is 0 Å². The fourth-order valence-corrected chi connectivity index (χ4v) is 1.86. The van der Waals surface area contributed by atoms with Gasteiger partial charge in [0, 0.05) is 6.07 Å². The summed E-state index contributed by atoms with van der Waals surface area (Å²) in [6.45, 7) is 6.40. The molecule has 1 heterocycles. The number of hydrogen-bond donors (Lipinski definition) is 0. The summed E-state index contributed by atoms with van der Waals surface area (Å²) in [5.74, 6) is 1.78. The topological polar surface area (TPSA) is 27.7 Å². The molecule has 2 rings (SSSR count). The van der Waals surface area contributed by atoms with Crippen molar-refractivity contribution in [3.63, 3.8) is 0 Å². The van der Waals surface area contributed by atoms with E-state index in [9.17, 15) is 0 Å². The van der Waals surface area contributed by atoms with Gasteiger partial charge in [0.1, 0.15) is 11.5 Å². The van der Waals surface area contributed by atoms with Crippen molar-refractivity contribution in [2.24, 2.45) is 5.92 Å². The van der Waals surface area contributed by atoms with E-state index in [0.717, 1.165) is 6.42 Å². The molecule has 0 spiro atoms. The standard InChI is InChI=1S/C13H16ClO3.Cs/c1-3-15-12-7-10(4-5-11(12)14)17-13-6-9(2)8-16-13;/h4-5,7-9,13H,3,6H2,1-2H3;/q-1;+1/t9-,13?;/m1./s1. The minimum absolute atomic E-state index is 0. The Hall–Kier alpha value is 1.12. The molecular formula is C13H16ClCsO3. The molecule has 0 amide bonds. The van der Waals surface area contributed by atoms with E-state index >= 15 is 0 Å². The van der Waals surface area contributed by atoms with E-state index in [1.807, 2.05) is 19.6 Å². The Morgan fingerprint density at radius 2 is 2.28 bits per heavy atom. The Morgan fingerprint density at radius 1 is 1.50 bits per heavy atom. The average molecular weight is 389 g/mol. The van der Waals surface area contributed by atoms with Crippen LogP contribution in [0.5, 0.6) is 11.5 Å². The third-order valence-corrected chi connectivity index (χ3v) is 2.81. The van der Waals surface area contributed by atoms with Gasteiger partial charge in [0.25, 0.3) is 0 Å². The predicted octanol–water partition coefficient (Wildman–Crippen LogP) is 0.666. The molecule has 1 fully saturated rings. The molecule has 0 aromatic heterocycles. The summed E-state index contributed by atoms with van der Waals surface area (Å²) in [4.78, 5) is 0. The molecule has 1 aromatic rings. The number of rotatable bonds is 4. The van der Waals surface area contributed by atoms with E-state index in [0.29, 0.717) is 29.0 Å². The van der Waals surface area contributed by atoms with Crippen molar-refractivity contribution >= 4 is 11.6 Å². The summed E-state index contributed by atoms with van der Waals surface area (Å²) >= 11 is 6.00. The first-order valence-corrected chi connectivity index (χ1v) is 6.14. The molecule has 0 saturated carbocycles. The Kier molecular flexibility index (Phi) is 8.03. The summed E-state index contributed by atoms with van der Waals surface area (Å²) in [5, 5.41) is 0.589. The van der Waals surface area contributed by atoms with Gasteiger partial charge in [-0.05, 0) is 25.5 Å². The van der Waals surface area contributed by atoms with Crippen LogP contribution in [0.15, 0.2) is 18.2 Å². The summed E-state index contributed by atoms with van der Waals surface area (Å²) in [5.41, 5.74) is 0. The van der Waals surface area contributed by atoms with Crippen LogP contribution in [0.3, 0.4) is 0 Å². The van der Waals surface area contributed by atoms with Crippen LogP contribution in [0.2, 0.25) is 5.02 Å². The second kappa shape index (κ2) is 8.42. The third-order valence-electron chi connectivity index (χ3n) is 2.50. The summed E-state index contributed by atoms with van der Waals surface area (Å²) in [6.07, 6.45) is 0.660. The molecule has 3 nitrogen and oxygen atoms in total.